The Morgan fingerprint density at radius 2 is 1.67 bits per heavy atom. The van der Waals surface area contributed by atoms with Gasteiger partial charge in [-0.15, -0.1) is 0 Å². The zero-order valence-corrected chi connectivity index (χ0v) is 26.6. The first-order valence-electron chi connectivity index (χ1n) is 15.0. The van der Waals surface area contributed by atoms with Gasteiger partial charge in [0.2, 0.25) is 0 Å². The maximum atomic E-state index is 13.9. The van der Waals surface area contributed by atoms with Crippen LogP contribution in [0, 0.1) is 23.7 Å². The van der Waals surface area contributed by atoms with Crippen molar-refractivity contribution in [2.45, 2.75) is 122 Å². The first kappa shape index (κ1) is 34.4. The van der Waals surface area contributed by atoms with Gasteiger partial charge in [0.1, 0.15) is 23.9 Å². The number of likely N-dealkylation sites (N-methyl/N-ethyl adjacent to an activating group) is 1. The number of Topliss-reactive ketones (excluding diaryl/α,β-unsaturated/α-hetero) is 2. The standard InChI is InChI=1S/C30H50N2O10/c1-11-20-25-21(31-29(37)41-25)16(4)22(33)14(2)13-30(7,38-10)26(17(5)23(34)18(6)27(36)40-20)42-28-24(35)19(32(8)9)12-15(3)39-28/h14-21,24-26,28,35H,11-13H2,1-10H3,(H,31,37)/t14-,15-,16-,17+,18-,19+,20-,21-,24-,25-,26-,28+,30-/m1/s1. The lowest BCUT2D eigenvalue weighted by atomic mass is 9.75. The van der Waals surface area contributed by atoms with Crippen LogP contribution in [0.15, 0.2) is 0 Å². The number of hydrogen-bond donors (Lipinski definition) is 2. The SMILES string of the molecule is CC[C@H]1OC(=O)[C@H](C)C(=O)[C@H](C)[C@@H](O[C@@H]2O[C@H](C)C[C@H](N(C)C)[C@H]2O)[C@](C)(OC)C[C@@H](C)C(=O)[C@H](C)[C@H]2NC(=O)O[C@@H]21. The van der Waals surface area contributed by atoms with Crippen LogP contribution in [0.1, 0.15) is 67.7 Å². The second-order valence-corrected chi connectivity index (χ2v) is 12.8. The molecule has 0 unspecified atom stereocenters. The molecule has 0 aromatic rings. The summed E-state index contributed by atoms with van der Waals surface area (Å²) in [4.78, 5) is 55.1. The molecule has 0 aromatic heterocycles. The molecule has 0 saturated carbocycles. The highest BCUT2D eigenvalue weighted by Gasteiger charge is 2.52. The van der Waals surface area contributed by atoms with E-state index in [4.69, 9.17) is 23.7 Å². The zero-order valence-electron chi connectivity index (χ0n) is 26.6. The Morgan fingerprint density at radius 3 is 2.24 bits per heavy atom. The Labute approximate surface area is 249 Å². The van der Waals surface area contributed by atoms with Crippen molar-refractivity contribution in [3.63, 3.8) is 0 Å². The summed E-state index contributed by atoms with van der Waals surface area (Å²) >= 11 is 0. The fourth-order valence-electron chi connectivity index (χ4n) is 6.70. The summed E-state index contributed by atoms with van der Waals surface area (Å²) in [6.07, 6.45) is -4.73. The number of fused-ring (bicyclic) bond motifs is 1. The number of nitrogens with zero attached hydrogens (tertiary/aromatic N) is 1. The van der Waals surface area contributed by atoms with E-state index < -0.39 is 83.9 Å². The van der Waals surface area contributed by atoms with Gasteiger partial charge in [-0.3, -0.25) is 14.4 Å². The van der Waals surface area contributed by atoms with E-state index in [9.17, 15) is 24.3 Å². The molecule has 13 atom stereocenters. The molecule has 3 heterocycles. The number of alkyl carbamates (subject to hydrolysis) is 1. The molecular weight excluding hydrogens is 548 g/mol. The van der Waals surface area contributed by atoms with Gasteiger partial charge in [-0.1, -0.05) is 27.7 Å². The maximum absolute atomic E-state index is 13.9. The van der Waals surface area contributed by atoms with Crippen molar-refractivity contribution < 1.29 is 48.0 Å². The summed E-state index contributed by atoms with van der Waals surface area (Å²) in [6, 6.07) is -0.982. The molecule has 0 radical (unpaired) electrons. The maximum Gasteiger partial charge on any atom is 0.407 e. The predicted molar refractivity (Wildman–Crippen MR) is 151 cm³/mol. The van der Waals surface area contributed by atoms with Gasteiger partial charge in [0, 0.05) is 30.9 Å². The third-order valence-corrected chi connectivity index (χ3v) is 9.41. The number of esters is 1. The van der Waals surface area contributed by atoms with Gasteiger partial charge < -0.3 is 39.0 Å². The van der Waals surface area contributed by atoms with Crippen molar-refractivity contribution in [3.05, 3.63) is 0 Å². The number of rotatable bonds is 5. The molecule has 3 saturated heterocycles. The van der Waals surface area contributed by atoms with Crippen LogP contribution in [0.4, 0.5) is 4.79 Å². The molecule has 0 aliphatic carbocycles. The van der Waals surface area contributed by atoms with Crippen molar-refractivity contribution in [1.29, 1.82) is 0 Å². The number of methoxy groups -OCH3 is 1. The van der Waals surface area contributed by atoms with E-state index in [0.717, 1.165) is 0 Å². The van der Waals surface area contributed by atoms with Crippen LogP contribution in [0.3, 0.4) is 0 Å². The summed E-state index contributed by atoms with van der Waals surface area (Å²) in [6.45, 7) is 12.0. The van der Waals surface area contributed by atoms with Gasteiger partial charge in [0.25, 0.3) is 0 Å². The lowest BCUT2D eigenvalue weighted by molar-refractivity contribution is -0.295. The molecule has 0 aromatic carbocycles. The molecule has 3 rings (SSSR count). The number of hydrogen-bond acceptors (Lipinski definition) is 11. The third kappa shape index (κ3) is 6.99. The number of cyclic esters (lactones) is 1. The third-order valence-electron chi connectivity index (χ3n) is 9.41. The molecular formula is C30H50N2O10. The highest BCUT2D eigenvalue weighted by atomic mass is 16.7. The Bertz CT molecular complexity index is 1010. The molecule has 0 spiro atoms. The Kier molecular flexibility index (Phi) is 11.2. The number of aliphatic hydroxyl groups is 1. The van der Waals surface area contributed by atoms with Gasteiger partial charge in [0.15, 0.2) is 18.2 Å². The van der Waals surface area contributed by atoms with Gasteiger partial charge >= 0.3 is 12.1 Å². The molecule has 3 fully saturated rings. The summed E-state index contributed by atoms with van der Waals surface area (Å²) in [5.74, 6) is -4.70. The van der Waals surface area contributed by atoms with Crippen LogP contribution in [0.25, 0.3) is 0 Å². The lowest BCUT2D eigenvalue weighted by Gasteiger charge is -2.46. The van der Waals surface area contributed by atoms with Crippen LogP contribution in [-0.2, 0) is 38.1 Å². The minimum Gasteiger partial charge on any atom is -0.458 e. The van der Waals surface area contributed by atoms with Crippen molar-refractivity contribution in [2.24, 2.45) is 23.7 Å². The topological polar surface area (TPSA) is 150 Å². The van der Waals surface area contributed by atoms with Crippen molar-refractivity contribution in [3.8, 4) is 0 Å². The smallest absolute Gasteiger partial charge is 0.407 e. The number of nitrogens with one attached hydrogen (secondary N) is 1. The van der Waals surface area contributed by atoms with Gasteiger partial charge in [-0.2, -0.15) is 0 Å². The fraction of sp³-hybridized carbons (Fsp3) is 0.867. The largest absolute Gasteiger partial charge is 0.458 e. The van der Waals surface area contributed by atoms with Crippen LogP contribution in [0.2, 0.25) is 0 Å². The van der Waals surface area contributed by atoms with Crippen LogP contribution in [0.5, 0.6) is 0 Å². The number of carbonyl (C=O) groups is 4. The number of aliphatic hydroxyl groups excluding tert-OH is 1. The van der Waals surface area contributed by atoms with E-state index in [1.807, 2.05) is 25.9 Å². The average Bonchev–Trinajstić information content (AvgIpc) is 3.34. The van der Waals surface area contributed by atoms with Crippen LogP contribution >= 0.6 is 0 Å². The van der Waals surface area contributed by atoms with E-state index in [-0.39, 0.29) is 24.3 Å². The quantitative estimate of drug-likeness (QED) is 0.354. The molecule has 2 N–H and O–H groups in total. The highest BCUT2D eigenvalue weighted by Crippen LogP contribution is 2.38. The van der Waals surface area contributed by atoms with Crippen LogP contribution < -0.4 is 5.32 Å². The molecule has 3 aliphatic heterocycles. The molecule has 1 amide bonds. The van der Waals surface area contributed by atoms with E-state index in [0.29, 0.717) is 12.8 Å². The van der Waals surface area contributed by atoms with Crippen molar-refractivity contribution in [1.82, 2.24) is 10.2 Å². The summed E-state index contributed by atoms with van der Waals surface area (Å²) in [5, 5.41) is 13.9. The van der Waals surface area contributed by atoms with Crippen molar-refractivity contribution >= 4 is 23.6 Å². The summed E-state index contributed by atoms with van der Waals surface area (Å²) in [7, 11) is 5.21. The molecule has 0 bridgehead atoms. The summed E-state index contributed by atoms with van der Waals surface area (Å²) < 4.78 is 29.8. The summed E-state index contributed by atoms with van der Waals surface area (Å²) in [5.41, 5.74) is -1.21. The van der Waals surface area contributed by atoms with E-state index in [1.165, 1.54) is 14.0 Å². The van der Waals surface area contributed by atoms with E-state index >= 15 is 0 Å². The minimum atomic E-state index is -1.21. The van der Waals surface area contributed by atoms with E-state index in [2.05, 4.69) is 5.32 Å². The fourth-order valence-corrected chi connectivity index (χ4v) is 6.70. The second-order valence-electron chi connectivity index (χ2n) is 12.8. The average molecular weight is 599 g/mol. The van der Waals surface area contributed by atoms with Crippen LogP contribution in [-0.4, -0.2) is 109 Å². The first-order valence-corrected chi connectivity index (χ1v) is 15.0. The first-order chi connectivity index (χ1) is 19.6. The molecule has 3 aliphatic rings. The van der Waals surface area contributed by atoms with Crippen molar-refractivity contribution in [2.75, 3.05) is 21.2 Å². The predicted octanol–water partition coefficient (Wildman–Crippen LogP) is 2.09. The Hall–Kier alpha value is -2.12. The normalized spacial score (nSPS) is 44.2. The highest BCUT2D eigenvalue weighted by molar-refractivity contribution is 6.00. The zero-order chi connectivity index (χ0) is 31.7. The molecule has 240 valence electrons. The Morgan fingerprint density at radius 1 is 1.02 bits per heavy atom. The number of carbonyl (C=O) groups excluding carboxylic acids is 4. The molecule has 12 heteroatoms. The minimum absolute atomic E-state index is 0.154. The van der Waals surface area contributed by atoms with Gasteiger partial charge in [-0.25, -0.2) is 4.79 Å². The molecule has 42 heavy (non-hydrogen) atoms. The Balaban J connectivity index is 2.06. The number of ether oxygens (including phenoxy) is 5. The number of ketones is 2. The van der Waals surface area contributed by atoms with Gasteiger partial charge in [0.05, 0.1) is 23.9 Å². The lowest BCUT2D eigenvalue weighted by Crippen LogP contribution is -2.59. The van der Waals surface area contributed by atoms with E-state index in [1.54, 1.807) is 34.6 Å². The molecule has 12 nitrogen and oxygen atoms in total. The monoisotopic (exact) mass is 598 g/mol. The van der Waals surface area contributed by atoms with Gasteiger partial charge in [-0.05, 0) is 54.1 Å². The second kappa shape index (κ2) is 13.7. The number of amides is 1.